The van der Waals surface area contributed by atoms with Crippen LogP contribution in [-0.2, 0) is 0 Å². The fourth-order valence-electron chi connectivity index (χ4n) is 1.37. The summed E-state index contributed by atoms with van der Waals surface area (Å²) in [7, 11) is 0. The van der Waals surface area contributed by atoms with E-state index in [0.717, 1.165) is 34.4 Å². The van der Waals surface area contributed by atoms with E-state index >= 15 is 0 Å². The van der Waals surface area contributed by atoms with E-state index in [1.54, 1.807) is 11.8 Å². The Labute approximate surface area is 115 Å². The molecule has 1 aromatic heterocycles. The van der Waals surface area contributed by atoms with Gasteiger partial charge in [0.05, 0.1) is 0 Å². The average molecular weight is 265 g/mol. The molecule has 0 aliphatic heterocycles. The van der Waals surface area contributed by atoms with Crippen LogP contribution in [0.3, 0.4) is 0 Å². The Hall–Kier alpha value is -0.870. The third-order valence-electron chi connectivity index (χ3n) is 2.24. The zero-order chi connectivity index (χ0) is 13.8. The van der Waals surface area contributed by atoms with Gasteiger partial charge in [-0.15, -0.1) is 0 Å². The fourth-order valence-corrected chi connectivity index (χ4v) is 2.22. The quantitative estimate of drug-likeness (QED) is 0.504. The van der Waals surface area contributed by atoms with Crippen LogP contribution in [0.5, 0.6) is 0 Å². The highest BCUT2D eigenvalue weighted by molar-refractivity contribution is 7.99. The van der Waals surface area contributed by atoms with E-state index in [1.165, 1.54) is 0 Å². The normalized spacial score (nSPS) is 11.6. The highest BCUT2D eigenvalue weighted by Crippen LogP contribution is 2.16. The summed E-state index contributed by atoms with van der Waals surface area (Å²) in [5, 5.41) is 4.26. The molecular formula is C14H23N3S. The number of aryl methyl sites for hydroxylation is 2. The molecule has 1 rings (SSSR count). The molecule has 4 heteroatoms. The molecule has 0 unspecified atom stereocenters. The van der Waals surface area contributed by atoms with Gasteiger partial charge in [0.25, 0.3) is 0 Å². The summed E-state index contributed by atoms with van der Waals surface area (Å²) in [5.74, 6) is 0.853. The first kappa shape index (κ1) is 15.2. The lowest BCUT2D eigenvalue weighted by Crippen LogP contribution is -2.37. The Balaban J connectivity index is 2.43. The Kier molecular flexibility index (Phi) is 5.35. The average Bonchev–Trinajstić information content (AvgIpc) is 2.21. The van der Waals surface area contributed by atoms with Crippen molar-refractivity contribution >= 4 is 11.8 Å². The van der Waals surface area contributed by atoms with Crippen molar-refractivity contribution in [3.8, 4) is 0 Å². The molecule has 0 radical (unpaired) electrons. The number of thioether (sulfide) groups is 1. The predicted molar refractivity (Wildman–Crippen MR) is 79.1 cm³/mol. The Bertz CT molecular complexity index is 401. The number of hydrogen-bond acceptors (Lipinski definition) is 4. The number of aromatic nitrogens is 2. The molecule has 100 valence electrons. The fraction of sp³-hybridized carbons (Fsp3) is 0.571. The molecule has 0 saturated carbocycles. The highest BCUT2D eigenvalue weighted by Gasteiger charge is 2.09. The Morgan fingerprint density at radius 2 is 1.83 bits per heavy atom. The first-order valence-corrected chi connectivity index (χ1v) is 7.11. The summed E-state index contributed by atoms with van der Waals surface area (Å²) < 4.78 is 0. The van der Waals surface area contributed by atoms with Gasteiger partial charge >= 0.3 is 0 Å². The zero-order valence-electron chi connectivity index (χ0n) is 12.0. The van der Waals surface area contributed by atoms with Crippen LogP contribution in [0, 0.1) is 13.8 Å². The molecule has 1 heterocycles. The van der Waals surface area contributed by atoms with Crippen molar-refractivity contribution in [2.45, 2.75) is 45.3 Å². The summed E-state index contributed by atoms with van der Waals surface area (Å²) >= 11 is 1.65. The van der Waals surface area contributed by atoms with Crippen molar-refractivity contribution in [3.05, 3.63) is 29.6 Å². The van der Waals surface area contributed by atoms with Crippen LogP contribution in [0.4, 0.5) is 0 Å². The van der Waals surface area contributed by atoms with Gasteiger partial charge in [-0.2, -0.15) is 0 Å². The first-order chi connectivity index (χ1) is 8.26. The van der Waals surface area contributed by atoms with Gasteiger partial charge in [0, 0.05) is 29.2 Å². The molecule has 0 aromatic carbocycles. The lowest BCUT2D eigenvalue weighted by atomic mass is 10.1. The molecule has 0 aliphatic carbocycles. The number of nitrogens with zero attached hydrogens (tertiary/aromatic N) is 2. The van der Waals surface area contributed by atoms with Gasteiger partial charge in [0.15, 0.2) is 5.16 Å². The minimum Gasteiger partial charge on any atom is -0.308 e. The number of hydrogen-bond donors (Lipinski definition) is 1. The monoisotopic (exact) mass is 265 g/mol. The lowest BCUT2D eigenvalue weighted by molar-refractivity contribution is 0.445. The molecular weight excluding hydrogens is 242 g/mol. The third kappa shape index (κ3) is 6.17. The summed E-state index contributed by atoms with van der Waals surface area (Å²) in [6.45, 7) is 15.4. The van der Waals surface area contributed by atoms with E-state index in [4.69, 9.17) is 0 Å². The van der Waals surface area contributed by atoms with Crippen molar-refractivity contribution in [1.29, 1.82) is 0 Å². The molecule has 0 saturated heterocycles. The third-order valence-corrected chi connectivity index (χ3v) is 3.23. The second-order valence-corrected chi connectivity index (χ2v) is 6.52. The Morgan fingerprint density at radius 3 is 2.33 bits per heavy atom. The number of rotatable bonds is 5. The van der Waals surface area contributed by atoms with Crippen LogP contribution in [0.1, 0.15) is 32.2 Å². The summed E-state index contributed by atoms with van der Waals surface area (Å²) in [4.78, 5) is 8.81. The van der Waals surface area contributed by atoms with E-state index in [1.807, 2.05) is 19.9 Å². The van der Waals surface area contributed by atoms with Gasteiger partial charge in [-0.05, 0) is 40.7 Å². The van der Waals surface area contributed by atoms with E-state index in [0.29, 0.717) is 0 Å². The van der Waals surface area contributed by atoms with Crippen molar-refractivity contribution < 1.29 is 0 Å². The summed E-state index contributed by atoms with van der Waals surface area (Å²) in [5.41, 5.74) is 3.33. The zero-order valence-corrected chi connectivity index (χ0v) is 12.8. The smallest absolute Gasteiger partial charge is 0.188 e. The molecule has 1 aromatic rings. The minimum absolute atomic E-state index is 0.129. The van der Waals surface area contributed by atoms with E-state index < -0.39 is 0 Å². The molecule has 0 bridgehead atoms. The van der Waals surface area contributed by atoms with Gasteiger partial charge in [-0.1, -0.05) is 23.9 Å². The first-order valence-electron chi connectivity index (χ1n) is 6.13. The maximum atomic E-state index is 4.41. The molecule has 0 atom stereocenters. The van der Waals surface area contributed by atoms with Crippen molar-refractivity contribution in [1.82, 2.24) is 15.3 Å². The predicted octanol–water partition coefficient (Wildman–Crippen LogP) is 3.13. The van der Waals surface area contributed by atoms with Crippen molar-refractivity contribution in [2.24, 2.45) is 0 Å². The number of nitrogens with one attached hydrogen (secondary N) is 1. The molecule has 1 N–H and O–H groups in total. The van der Waals surface area contributed by atoms with E-state index in [9.17, 15) is 0 Å². The molecule has 18 heavy (non-hydrogen) atoms. The molecule has 3 nitrogen and oxygen atoms in total. The van der Waals surface area contributed by atoms with Gasteiger partial charge < -0.3 is 5.32 Å². The molecule has 0 fully saturated rings. The van der Waals surface area contributed by atoms with Gasteiger partial charge in [-0.25, -0.2) is 9.97 Å². The second-order valence-electron chi connectivity index (χ2n) is 5.58. The maximum Gasteiger partial charge on any atom is 0.188 e. The standard InChI is InChI=1S/C14H23N3S/c1-10(8-15-14(4,5)6)9-18-13-16-11(2)7-12(3)17-13/h7,15H,1,8-9H2,2-6H3. The van der Waals surface area contributed by atoms with Crippen molar-refractivity contribution in [2.75, 3.05) is 12.3 Å². The SMILES string of the molecule is C=C(CNC(C)(C)C)CSc1nc(C)cc(C)n1. The highest BCUT2D eigenvalue weighted by atomic mass is 32.2. The van der Waals surface area contributed by atoms with Crippen LogP contribution in [-0.4, -0.2) is 27.8 Å². The lowest BCUT2D eigenvalue weighted by Gasteiger charge is -2.21. The van der Waals surface area contributed by atoms with E-state index in [-0.39, 0.29) is 5.54 Å². The summed E-state index contributed by atoms with van der Waals surface area (Å²) in [6.07, 6.45) is 0. The molecule has 0 amide bonds. The summed E-state index contributed by atoms with van der Waals surface area (Å²) in [6, 6.07) is 1.99. The van der Waals surface area contributed by atoms with Crippen LogP contribution < -0.4 is 5.32 Å². The maximum absolute atomic E-state index is 4.41. The van der Waals surface area contributed by atoms with Gasteiger partial charge in [0.1, 0.15) is 0 Å². The van der Waals surface area contributed by atoms with Crippen LogP contribution in [0.2, 0.25) is 0 Å². The Morgan fingerprint density at radius 1 is 1.28 bits per heavy atom. The van der Waals surface area contributed by atoms with Gasteiger partial charge in [-0.3, -0.25) is 0 Å². The van der Waals surface area contributed by atoms with Crippen molar-refractivity contribution in [3.63, 3.8) is 0 Å². The largest absolute Gasteiger partial charge is 0.308 e. The van der Waals surface area contributed by atoms with Crippen LogP contribution >= 0.6 is 11.8 Å². The van der Waals surface area contributed by atoms with Gasteiger partial charge in [0.2, 0.25) is 0 Å². The van der Waals surface area contributed by atoms with Crippen LogP contribution in [0.15, 0.2) is 23.4 Å². The minimum atomic E-state index is 0.129. The second kappa shape index (κ2) is 6.34. The topological polar surface area (TPSA) is 37.8 Å². The molecule has 0 aliphatic rings. The molecule has 0 spiro atoms. The van der Waals surface area contributed by atoms with Crippen LogP contribution in [0.25, 0.3) is 0 Å². The van der Waals surface area contributed by atoms with E-state index in [2.05, 4.69) is 42.6 Å².